The molecule has 4 rings (SSSR count). The predicted molar refractivity (Wildman–Crippen MR) is 102 cm³/mol. The van der Waals surface area contributed by atoms with Crippen LogP contribution >= 0.6 is 24.8 Å². The van der Waals surface area contributed by atoms with Crippen LogP contribution in [-0.2, 0) is 26.1 Å². The normalized spacial score (nSPS) is 16.5. The van der Waals surface area contributed by atoms with E-state index in [0.29, 0.717) is 0 Å². The quantitative estimate of drug-likeness (QED) is 0.878. The van der Waals surface area contributed by atoms with Crippen molar-refractivity contribution in [1.82, 2.24) is 10.2 Å². The molecule has 0 unspecified atom stereocenters. The summed E-state index contributed by atoms with van der Waals surface area (Å²) in [5.74, 6) is 1.04. The smallest absolute Gasteiger partial charge is 0.123 e. The molecule has 5 heteroatoms. The number of nitrogens with zero attached hydrogens (tertiary/aromatic N) is 1. The van der Waals surface area contributed by atoms with Gasteiger partial charge in [-0.1, -0.05) is 30.3 Å². The molecule has 2 aliphatic rings. The van der Waals surface area contributed by atoms with Crippen LogP contribution in [0.3, 0.4) is 0 Å². The molecule has 0 saturated carbocycles. The molecule has 2 aromatic carbocycles. The van der Waals surface area contributed by atoms with Crippen LogP contribution in [0.4, 0.5) is 0 Å². The summed E-state index contributed by atoms with van der Waals surface area (Å²) >= 11 is 0. The number of hydrogen-bond acceptors (Lipinski definition) is 3. The highest BCUT2D eigenvalue weighted by atomic mass is 35.5. The van der Waals surface area contributed by atoms with Crippen molar-refractivity contribution in [2.75, 3.05) is 19.7 Å². The lowest BCUT2D eigenvalue weighted by atomic mass is 9.99. The van der Waals surface area contributed by atoms with E-state index in [-0.39, 0.29) is 24.8 Å². The van der Waals surface area contributed by atoms with Gasteiger partial charge in [0.15, 0.2) is 0 Å². The van der Waals surface area contributed by atoms with Crippen LogP contribution in [0.25, 0.3) is 0 Å². The molecule has 3 nitrogen and oxygen atoms in total. The van der Waals surface area contributed by atoms with E-state index >= 15 is 0 Å². The molecular formula is C19H24Cl2N2O. The molecule has 1 N–H and O–H groups in total. The molecule has 0 radical (unpaired) electrons. The number of rotatable bonds is 2. The van der Waals surface area contributed by atoms with Gasteiger partial charge in [-0.15, -0.1) is 24.8 Å². The van der Waals surface area contributed by atoms with Crippen LogP contribution in [0, 0.1) is 0 Å². The van der Waals surface area contributed by atoms with Gasteiger partial charge in [0.1, 0.15) is 12.4 Å². The molecule has 0 atom stereocenters. The van der Waals surface area contributed by atoms with Gasteiger partial charge in [0, 0.05) is 38.3 Å². The fraction of sp³-hybridized carbons (Fsp3) is 0.368. The molecule has 2 aromatic rings. The summed E-state index contributed by atoms with van der Waals surface area (Å²) in [5.41, 5.74) is 5.66. The zero-order chi connectivity index (χ0) is 14.8. The lowest BCUT2D eigenvalue weighted by Crippen LogP contribution is -2.30. The van der Waals surface area contributed by atoms with Gasteiger partial charge in [-0.05, 0) is 35.2 Å². The Bertz CT molecular complexity index is 678. The first-order chi connectivity index (χ1) is 10.9. The minimum Gasteiger partial charge on any atom is -0.492 e. The number of ether oxygens (including phenoxy) is 1. The first-order valence-corrected chi connectivity index (χ1v) is 8.13. The van der Waals surface area contributed by atoms with E-state index in [2.05, 4.69) is 52.7 Å². The average molecular weight is 367 g/mol. The second-order valence-corrected chi connectivity index (χ2v) is 6.20. The Morgan fingerprint density at radius 3 is 2.71 bits per heavy atom. The van der Waals surface area contributed by atoms with E-state index in [9.17, 15) is 0 Å². The van der Waals surface area contributed by atoms with E-state index in [4.69, 9.17) is 4.74 Å². The van der Waals surface area contributed by atoms with E-state index < -0.39 is 0 Å². The topological polar surface area (TPSA) is 24.5 Å². The van der Waals surface area contributed by atoms with Gasteiger partial charge in [0.2, 0.25) is 0 Å². The highest BCUT2D eigenvalue weighted by molar-refractivity contribution is 5.85. The monoisotopic (exact) mass is 366 g/mol. The summed E-state index contributed by atoms with van der Waals surface area (Å²) in [6.45, 7) is 5.81. The van der Waals surface area contributed by atoms with E-state index in [0.717, 1.165) is 51.5 Å². The van der Waals surface area contributed by atoms with Crippen molar-refractivity contribution < 1.29 is 4.74 Å². The highest BCUT2D eigenvalue weighted by Gasteiger charge is 2.16. The van der Waals surface area contributed by atoms with E-state index in [1.54, 1.807) is 0 Å². The van der Waals surface area contributed by atoms with Gasteiger partial charge in [0.25, 0.3) is 0 Å². The molecular weight excluding hydrogens is 343 g/mol. The van der Waals surface area contributed by atoms with Crippen LogP contribution in [0.5, 0.6) is 5.75 Å². The summed E-state index contributed by atoms with van der Waals surface area (Å²) in [4.78, 5) is 2.54. The Morgan fingerprint density at radius 1 is 1.00 bits per heavy atom. The molecule has 0 fully saturated rings. The summed E-state index contributed by atoms with van der Waals surface area (Å²) in [7, 11) is 0. The van der Waals surface area contributed by atoms with Crippen LogP contribution in [0.2, 0.25) is 0 Å². The molecule has 130 valence electrons. The number of hydrogen-bond donors (Lipinski definition) is 1. The predicted octanol–water partition coefficient (Wildman–Crippen LogP) is 3.57. The second kappa shape index (κ2) is 8.72. The third-order valence-electron chi connectivity index (χ3n) is 4.59. The van der Waals surface area contributed by atoms with Crippen molar-refractivity contribution in [2.24, 2.45) is 0 Å². The number of halogens is 2. The number of benzene rings is 2. The van der Waals surface area contributed by atoms with Crippen LogP contribution in [0.1, 0.15) is 22.3 Å². The van der Waals surface area contributed by atoms with Gasteiger partial charge in [-0.2, -0.15) is 0 Å². The molecule has 24 heavy (non-hydrogen) atoms. The third kappa shape index (κ3) is 4.22. The Morgan fingerprint density at radius 2 is 1.83 bits per heavy atom. The van der Waals surface area contributed by atoms with Crippen LogP contribution in [0.15, 0.2) is 42.5 Å². The lowest BCUT2D eigenvalue weighted by molar-refractivity contribution is 0.245. The van der Waals surface area contributed by atoms with Crippen molar-refractivity contribution in [3.05, 3.63) is 64.7 Å². The molecule has 2 aliphatic heterocycles. The minimum absolute atomic E-state index is 0. The Labute approximate surface area is 156 Å². The molecule has 2 heterocycles. The standard InChI is InChI=1S/C19H22N2O.2ClH/c1-2-4-17-14-21(9-7-16(17)3-1)13-15-5-6-19-18(11-15)12-20-8-10-22-19;;/h1-6,11,20H,7-10,12-14H2;2*1H. The molecule has 0 spiro atoms. The van der Waals surface area contributed by atoms with Crippen molar-refractivity contribution in [1.29, 1.82) is 0 Å². The van der Waals surface area contributed by atoms with Crippen LogP contribution < -0.4 is 10.1 Å². The summed E-state index contributed by atoms with van der Waals surface area (Å²) in [6, 6.07) is 15.5. The summed E-state index contributed by atoms with van der Waals surface area (Å²) in [5, 5.41) is 3.41. The summed E-state index contributed by atoms with van der Waals surface area (Å²) in [6.07, 6.45) is 1.16. The largest absolute Gasteiger partial charge is 0.492 e. The molecule has 0 aliphatic carbocycles. The molecule has 0 saturated heterocycles. The van der Waals surface area contributed by atoms with Gasteiger partial charge in [-0.3, -0.25) is 4.90 Å². The highest BCUT2D eigenvalue weighted by Crippen LogP contribution is 2.24. The van der Waals surface area contributed by atoms with Crippen molar-refractivity contribution in [3.8, 4) is 5.75 Å². The SMILES string of the molecule is Cl.Cl.c1ccc2c(c1)CCN(Cc1ccc3c(c1)CNCCO3)C2. The lowest BCUT2D eigenvalue weighted by Gasteiger charge is -2.29. The average Bonchev–Trinajstić information content (AvgIpc) is 2.80. The Kier molecular flexibility index (Phi) is 6.93. The zero-order valence-corrected chi connectivity index (χ0v) is 15.3. The Hall–Kier alpha value is -1.26. The molecule has 0 amide bonds. The van der Waals surface area contributed by atoms with Gasteiger partial charge < -0.3 is 10.1 Å². The van der Waals surface area contributed by atoms with Crippen LogP contribution in [-0.4, -0.2) is 24.6 Å². The van der Waals surface area contributed by atoms with Gasteiger partial charge in [-0.25, -0.2) is 0 Å². The first-order valence-electron chi connectivity index (χ1n) is 8.13. The fourth-order valence-corrected chi connectivity index (χ4v) is 3.41. The summed E-state index contributed by atoms with van der Waals surface area (Å²) < 4.78 is 5.76. The van der Waals surface area contributed by atoms with E-state index in [1.807, 2.05) is 0 Å². The first kappa shape index (κ1) is 19.1. The van der Waals surface area contributed by atoms with Crippen molar-refractivity contribution >= 4 is 24.8 Å². The maximum atomic E-state index is 5.76. The Balaban J connectivity index is 0.00000104. The zero-order valence-electron chi connectivity index (χ0n) is 13.7. The fourth-order valence-electron chi connectivity index (χ4n) is 3.41. The van der Waals surface area contributed by atoms with Crippen molar-refractivity contribution in [2.45, 2.75) is 26.1 Å². The molecule has 0 bridgehead atoms. The number of fused-ring (bicyclic) bond motifs is 2. The minimum atomic E-state index is 0. The third-order valence-corrected chi connectivity index (χ3v) is 4.59. The maximum Gasteiger partial charge on any atom is 0.123 e. The number of nitrogens with one attached hydrogen (secondary N) is 1. The van der Waals surface area contributed by atoms with Gasteiger partial charge in [0.05, 0.1) is 0 Å². The maximum absolute atomic E-state index is 5.76. The molecule has 0 aromatic heterocycles. The van der Waals surface area contributed by atoms with Gasteiger partial charge >= 0.3 is 0 Å². The van der Waals surface area contributed by atoms with E-state index in [1.165, 1.54) is 22.3 Å². The second-order valence-electron chi connectivity index (χ2n) is 6.20. The van der Waals surface area contributed by atoms with Crippen molar-refractivity contribution in [3.63, 3.8) is 0 Å².